The molecule has 166 valence electrons. The van der Waals surface area contributed by atoms with Crippen LogP contribution < -0.4 is 0 Å². The predicted octanol–water partition coefficient (Wildman–Crippen LogP) is 2.38. The number of halogens is 1. The van der Waals surface area contributed by atoms with Crippen LogP contribution in [-0.4, -0.2) is 72.1 Å². The van der Waals surface area contributed by atoms with Crippen LogP contribution in [0.1, 0.15) is 40.3 Å². The number of ketones is 1. The van der Waals surface area contributed by atoms with Crippen molar-refractivity contribution in [3.05, 3.63) is 64.7 Å². The third-order valence-electron chi connectivity index (χ3n) is 5.72. The second kappa shape index (κ2) is 8.68. The van der Waals surface area contributed by atoms with Crippen molar-refractivity contribution in [2.45, 2.75) is 32.5 Å². The second-order valence-corrected chi connectivity index (χ2v) is 8.32. The zero-order valence-electron chi connectivity index (χ0n) is 17.6. The predicted molar refractivity (Wildman–Crippen MR) is 117 cm³/mol. The Morgan fingerprint density at radius 2 is 1.84 bits per heavy atom. The fourth-order valence-electron chi connectivity index (χ4n) is 3.99. The molecule has 2 aromatic heterocycles. The van der Waals surface area contributed by atoms with E-state index >= 15 is 0 Å². The first kappa shape index (κ1) is 21.9. The zero-order chi connectivity index (χ0) is 23.0. The molecular weight excluding hydrogens is 434 g/mol. The number of hydrogen-bond acceptors (Lipinski definition) is 6. The lowest BCUT2D eigenvalue weighted by atomic mass is 10.1. The van der Waals surface area contributed by atoms with E-state index in [4.69, 9.17) is 16.7 Å². The van der Waals surface area contributed by atoms with Gasteiger partial charge in [-0.3, -0.25) is 18.9 Å². The Balaban J connectivity index is 1.59. The molecule has 10 heteroatoms. The van der Waals surface area contributed by atoms with Gasteiger partial charge in [0.1, 0.15) is 10.8 Å². The van der Waals surface area contributed by atoms with E-state index in [1.807, 2.05) is 25.1 Å². The minimum absolute atomic E-state index is 0.0465. The lowest BCUT2D eigenvalue weighted by Crippen LogP contribution is -2.57. The fraction of sp³-hybridized carbons (Fsp3) is 0.318. The molecule has 1 amide bonds. The lowest BCUT2D eigenvalue weighted by molar-refractivity contribution is -0.131. The quantitative estimate of drug-likeness (QED) is 0.357. The molecule has 1 aromatic carbocycles. The van der Waals surface area contributed by atoms with E-state index in [0.29, 0.717) is 13.1 Å². The average molecular weight is 456 g/mol. The van der Waals surface area contributed by atoms with Crippen LogP contribution in [-0.2, 0) is 11.3 Å². The van der Waals surface area contributed by atoms with Crippen LogP contribution >= 0.6 is 11.6 Å². The van der Waals surface area contributed by atoms with E-state index in [-0.39, 0.29) is 40.2 Å². The van der Waals surface area contributed by atoms with Crippen LogP contribution in [0, 0.1) is 0 Å². The number of benzene rings is 1. The van der Waals surface area contributed by atoms with Crippen LogP contribution in [0.5, 0.6) is 0 Å². The van der Waals surface area contributed by atoms with Crippen molar-refractivity contribution in [2.24, 2.45) is 0 Å². The number of Topliss-reactive ketones (excluding diaryl/α,β-unsaturated/α-hetero) is 1. The standard InChI is InChI=1S/C22H22ClN5O4/c1-13-10-27(14(2)9-26(13)11-15-6-4-3-5-7-15)20(30)16-12-28-17(18(29)21(31)32)8-24-22(28)25-19(16)23/h3-8,12-14H,9-11H2,1-2H3,(H,31,32)/t13-,14+/m0/s1. The van der Waals surface area contributed by atoms with Gasteiger partial charge in [0, 0.05) is 37.9 Å². The van der Waals surface area contributed by atoms with Gasteiger partial charge in [-0.2, -0.15) is 4.98 Å². The Bertz CT molecular complexity index is 1200. The van der Waals surface area contributed by atoms with E-state index < -0.39 is 11.8 Å². The number of carbonyl (C=O) groups is 3. The highest BCUT2D eigenvalue weighted by Gasteiger charge is 2.34. The van der Waals surface area contributed by atoms with Crippen molar-refractivity contribution in [2.75, 3.05) is 13.1 Å². The maximum atomic E-state index is 13.4. The molecule has 0 saturated carbocycles. The number of hydrogen-bond donors (Lipinski definition) is 1. The largest absolute Gasteiger partial charge is 0.475 e. The number of rotatable bonds is 5. The van der Waals surface area contributed by atoms with Crippen molar-refractivity contribution in [3.8, 4) is 0 Å². The summed E-state index contributed by atoms with van der Waals surface area (Å²) in [6, 6.07) is 10.2. The SMILES string of the molecule is C[C@@H]1CN(Cc2ccccc2)[C@@H](C)CN1C(=O)c1cn2c(C(=O)C(=O)O)cnc2nc1Cl. The molecule has 0 bridgehead atoms. The summed E-state index contributed by atoms with van der Waals surface area (Å²) < 4.78 is 1.19. The number of nitrogens with zero attached hydrogens (tertiary/aromatic N) is 5. The number of carboxylic acid groups (broad SMARTS) is 1. The van der Waals surface area contributed by atoms with Crippen LogP contribution in [0.4, 0.5) is 0 Å². The molecule has 1 N–H and O–H groups in total. The number of fused-ring (bicyclic) bond motifs is 1. The monoisotopic (exact) mass is 455 g/mol. The summed E-state index contributed by atoms with van der Waals surface area (Å²) in [5.41, 5.74) is 1.10. The van der Waals surface area contributed by atoms with Gasteiger partial charge in [0.05, 0.1) is 11.8 Å². The van der Waals surface area contributed by atoms with Crippen LogP contribution in [0.25, 0.3) is 5.78 Å². The van der Waals surface area contributed by atoms with Gasteiger partial charge in [-0.15, -0.1) is 0 Å². The normalized spacial score (nSPS) is 19.3. The number of imidazole rings is 1. The van der Waals surface area contributed by atoms with E-state index in [2.05, 4.69) is 33.9 Å². The van der Waals surface area contributed by atoms with Gasteiger partial charge in [-0.05, 0) is 19.4 Å². The van der Waals surface area contributed by atoms with Crippen molar-refractivity contribution in [1.29, 1.82) is 0 Å². The van der Waals surface area contributed by atoms with Gasteiger partial charge in [0.25, 0.3) is 11.7 Å². The first-order chi connectivity index (χ1) is 15.3. The van der Waals surface area contributed by atoms with E-state index in [1.54, 1.807) is 4.90 Å². The first-order valence-corrected chi connectivity index (χ1v) is 10.5. The van der Waals surface area contributed by atoms with Crippen molar-refractivity contribution >= 4 is 35.0 Å². The molecule has 1 fully saturated rings. The molecule has 4 rings (SSSR count). The summed E-state index contributed by atoms with van der Waals surface area (Å²) in [7, 11) is 0. The minimum Gasteiger partial charge on any atom is -0.475 e. The van der Waals surface area contributed by atoms with Crippen LogP contribution in [0.3, 0.4) is 0 Å². The number of amides is 1. The lowest BCUT2D eigenvalue weighted by Gasteiger charge is -2.44. The summed E-state index contributed by atoms with van der Waals surface area (Å²) in [4.78, 5) is 48.5. The Hall–Kier alpha value is -3.30. The maximum absolute atomic E-state index is 13.4. The molecule has 32 heavy (non-hydrogen) atoms. The third kappa shape index (κ3) is 4.09. The van der Waals surface area contributed by atoms with E-state index in [0.717, 1.165) is 12.7 Å². The molecule has 1 aliphatic rings. The molecule has 3 heterocycles. The molecule has 9 nitrogen and oxygen atoms in total. The molecular formula is C22H22ClN5O4. The molecule has 2 atom stereocenters. The van der Waals surface area contributed by atoms with Gasteiger partial charge < -0.3 is 10.0 Å². The summed E-state index contributed by atoms with van der Waals surface area (Å²) >= 11 is 6.27. The summed E-state index contributed by atoms with van der Waals surface area (Å²) in [6.45, 7) is 6.00. The highest BCUT2D eigenvalue weighted by molar-refractivity contribution is 6.39. The highest BCUT2D eigenvalue weighted by atomic mass is 35.5. The second-order valence-electron chi connectivity index (χ2n) is 7.96. The van der Waals surface area contributed by atoms with E-state index in [9.17, 15) is 14.4 Å². The van der Waals surface area contributed by atoms with Crippen molar-refractivity contribution in [1.82, 2.24) is 24.2 Å². The number of piperazine rings is 1. The van der Waals surface area contributed by atoms with Crippen LogP contribution in [0.15, 0.2) is 42.7 Å². The maximum Gasteiger partial charge on any atom is 0.378 e. The van der Waals surface area contributed by atoms with Gasteiger partial charge in [0.2, 0.25) is 5.78 Å². The molecule has 0 spiro atoms. The zero-order valence-corrected chi connectivity index (χ0v) is 18.4. The fourth-order valence-corrected chi connectivity index (χ4v) is 4.19. The van der Waals surface area contributed by atoms with Crippen molar-refractivity contribution in [3.63, 3.8) is 0 Å². The molecule has 3 aromatic rings. The number of aromatic nitrogens is 3. The molecule has 0 radical (unpaired) electrons. The van der Waals surface area contributed by atoms with Crippen molar-refractivity contribution < 1.29 is 19.5 Å². The van der Waals surface area contributed by atoms with Gasteiger partial charge in [-0.1, -0.05) is 41.9 Å². The van der Waals surface area contributed by atoms with Gasteiger partial charge in [0.15, 0.2) is 0 Å². The smallest absolute Gasteiger partial charge is 0.378 e. The number of aliphatic carboxylic acids is 1. The average Bonchev–Trinajstić information content (AvgIpc) is 3.17. The number of carboxylic acids is 1. The summed E-state index contributed by atoms with van der Waals surface area (Å²) in [5, 5.41) is 8.98. The van der Waals surface area contributed by atoms with Gasteiger partial charge in [-0.25, -0.2) is 9.78 Å². The topological polar surface area (TPSA) is 108 Å². The van der Waals surface area contributed by atoms with E-state index in [1.165, 1.54) is 16.2 Å². The third-order valence-corrected chi connectivity index (χ3v) is 6.01. The first-order valence-electron chi connectivity index (χ1n) is 10.2. The summed E-state index contributed by atoms with van der Waals surface area (Å²) in [6.07, 6.45) is 2.44. The molecule has 0 aliphatic carbocycles. The summed E-state index contributed by atoms with van der Waals surface area (Å²) in [5.74, 6) is -3.04. The minimum atomic E-state index is -1.62. The van der Waals surface area contributed by atoms with Gasteiger partial charge >= 0.3 is 5.97 Å². The van der Waals surface area contributed by atoms with Crippen LogP contribution in [0.2, 0.25) is 5.15 Å². The Morgan fingerprint density at radius 1 is 1.12 bits per heavy atom. The Morgan fingerprint density at radius 3 is 2.53 bits per heavy atom. The molecule has 1 saturated heterocycles. The Kier molecular flexibility index (Phi) is 5.94. The highest BCUT2D eigenvalue weighted by Crippen LogP contribution is 2.23. The molecule has 0 unspecified atom stereocenters. The number of carbonyl (C=O) groups excluding carboxylic acids is 2. The molecule has 1 aliphatic heterocycles. The Labute approximate surface area is 189 Å².